The van der Waals surface area contributed by atoms with Crippen LogP contribution in [0.3, 0.4) is 0 Å². The van der Waals surface area contributed by atoms with Gasteiger partial charge in [-0.1, -0.05) is 26.0 Å². The zero-order valence-corrected chi connectivity index (χ0v) is 15.5. The van der Waals surface area contributed by atoms with Gasteiger partial charge >= 0.3 is 0 Å². The molecule has 5 nitrogen and oxygen atoms in total. The number of nitrogens with zero attached hydrogens (tertiary/aromatic N) is 1. The number of nitrogens with two attached hydrogens (primary N) is 2. The predicted molar refractivity (Wildman–Crippen MR) is 105 cm³/mol. The lowest BCUT2D eigenvalue weighted by Gasteiger charge is -2.39. The van der Waals surface area contributed by atoms with Gasteiger partial charge in [0, 0.05) is 25.2 Å². The van der Waals surface area contributed by atoms with Crippen molar-refractivity contribution < 1.29 is 9.84 Å². The van der Waals surface area contributed by atoms with Gasteiger partial charge in [-0.2, -0.15) is 0 Å². The Morgan fingerprint density at radius 3 is 2.68 bits per heavy atom. The topological polar surface area (TPSA) is 84.7 Å². The van der Waals surface area contributed by atoms with E-state index in [4.69, 9.17) is 16.2 Å². The van der Waals surface area contributed by atoms with E-state index in [0.717, 1.165) is 54.8 Å². The number of aryl methyl sites for hydroxylation is 1. The first-order valence-electron chi connectivity index (χ1n) is 8.94. The van der Waals surface area contributed by atoms with Gasteiger partial charge in [-0.05, 0) is 49.0 Å². The molecule has 1 saturated heterocycles. The summed E-state index contributed by atoms with van der Waals surface area (Å²) in [6, 6.07) is 3.97. The number of likely N-dealkylation sites (tertiary alicyclic amines) is 1. The Kier molecular flexibility index (Phi) is 6.82. The molecule has 0 atom stereocenters. The van der Waals surface area contributed by atoms with Crippen LogP contribution in [0, 0.1) is 6.92 Å². The maximum atomic E-state index is 10.4. The smallest absolute Gasteiger partial charge is 0.133 e. The van der Waals surface area contributed by atoms with Gasteiger partial charge in [0.25, 0.3) is 0 Å². The van der Waals surface area contributed by atoms with Crippen molar-refractivity contribution in [1.82, 2.24) is 4.90 Å². The van der Waals surface area contributed by atoms with E-state index in [1.54, 1.807) is 6.20 Å². The Morgan fingerprint density at radius 2 is 2.08 bits per heavy atom. The van der Waals surface area contributed by atoms with Gasteiger partial charge in [-0.3, -0.25) is 4.90 Å². The molecule has 1 aliphatic rings. The van der Waals surface area contributed by atoms with Crippen LogP contribution in [0.15, 0.2) is 36.2 Å². The van der Waals surface area contributed by atoms with Crippen molar-refractivity contribution in [2.24, 2.45) is 11.5 Å². The van der Waals surface area contributed by atoms with Crippen LogP contribution >= 0.6 is 0 Å². The first-order valence-corrected chi connectivity index (χ1v) is 8.94. The third-order valence-corrected chi connectivity index (χ3v) is 4.60. The second kappa shape index (κ2) is 8.86. The Hall–Kier alpha value is -2.08. The highest BCUT2D eigenvalue weighted by Gasteiger charge is 2.29. The monoisotopic (exact) mass is 343 g/mol. The van der Waals surface area contributed by atoms with Crippen molar-refractivity contribution in [3.63, 3.8) is 0 Å². The largest absolute Gasteiger partial charge is 0.507 e. The molecule has 0 spiro atoms. The molecule has 5 N–H and O–H groups in total. The summed E-state index contributed by atoms with van der Waals surface area (Å²) >= 11 is 0. The van der Waals surface area contributed by atoms with Crippen molar-refractivity contribution in [3.05, 3.63) is 47.3 Å². The third kappa shape index (κ3) is 5.20. The van der Waals surface area contributed by atoms with Gasteiger partial charge in [-0.15, -0.1) is 0 Å². The number of rotatable bonds is 8. The number of aromatic hydroxyl groups is 1. The maximum absolute atomic E-state index is 10.4. The van der Waals surface area contributed by atoms with Gasteiger partial charge in [0.1, 0.15) is 24.3 Å². The summed E-state index contributed by atoms with van der Waals surface area (Å²) in [6.07, 6.45) is 6.99. The van der Waals surface area contributed by atoms with Crippen LogP contribution in [0.1, 0.15) is 11.1 Å². The van der Waals surface area contributed by atoms with Crippen LogP contribution in [0.25, 0.3) is 0 Å². The quantitative estimate of drug-likeness (QED) is 0.498. The minimum absolute atomic E-state index is 0.139. The van der Waals surface area contributed by atoms with Crippen LogP contribution in [-0.2, 0) is 6.42 Å². The highest BCUT2D eigenvalue weighted by Crippen LogP contribution is 2.33. The number of ether oxygens (including phenoxy) is 1. The van der Waals surface area contributed by atoms with Crippen molar-refractivity contribution in [1.29, 1.82) is 0 Å². The fourth-order valence-electron chi connectivity index (χ4n) is 2.96. The Balaban J connectivity index is 1.89. The highest BCUT2D eigenvalue weighted by atomic mass is 16.5. The standard InChI is InChI=1S/C19H30BN3O2/c1-14-18(5-4-16(19(14)24)6-8-20(2)3)25-17-12-23(13-17)11-15(10-22)7-9-21/h4-5,7,9-10,17,24H,6,8,11-13,21-22H2,1-3H3/b9-7-,15-10+. The minimum atomic E-state index is 0.139. The van der Waals surface area contributed by atoms with E-state index in [-0.39, 0.29) is 6.10 Å². The summed E-state index contributed by atoms with van der Waals surface area (Å²) in [5.41, 5.74) is 13.8. The number of phenolic OH excluding ortho intramolecular Hbond substituents is 1. The summed E-state index contributed by atoms with van der Waals surface area (Å²) < 4.78 is 6.05. The zero-order chi connectivity index (χ0) is 18.4. The molecule has 0 saturated carbocycles. The normalized spacial score (nSPS) is 16.2. The summed E-state index contributed by atoms with van der Waals surface area (Å²) in [7, 11) is 0. The number of phenols is 1. The number of hydrogen-bond acceptors (Lipinski definition) is 5. The molecule has 2 rings (SSSR count). The molecular formula is C19H30BN3O2. The van der Waals surface area contributed by atoms with Crippen LogP contribution in [0.5, 0.6) is 11.5 Å². The van der Waals surface area contributed by atoms with Crippen LogP contribution in [0.4, 0.5) is 0 Å². The molecule has 1 fully saturated rings. The molecule has 0 radical (unpaired) electrons. The van der Waals surface area contributed by atoms with E-state index >= 15 is 0 Å². The highest BCUT2D eigenvalue weighted by molar-refractivity contribution is 6.55. The fraction of sp³-hybridized carbons (Fsp3) is 0.474. The molecule has 0 bridgehead atoms. The van der Waals surface area contributed by atoms with Crippen molar-refractivity contribution in [2.75, 3.05) is 19.6 Å². The lowest BCUT2D eigenvalue weighted by molar-refractivity contribution is 0.0264. The summed E-state index contributed by atoms with van der Waals surface area (Å²) in [6.45, 7) is 9.37. The third-order valence-electron chi connectivity index (χ3n) is 4.60. The average molecular weight is 343 g/mol. The van der Waals surface area contributed by atoms with Crippen molar-refractivity contribution in [2.45, 2.75) is 39.4 Å². The molecule has 1 aromatic rings. The molecule has 0 unspecified atom stereocenters. The summed E-state index contributed by atoms with van der Waals surface area (Å²) in [5.74, 6) is 1.14. The lowest BCUT2D eigenvalue weighted by atomic mass is 9.51. The van der Waals surface area contributed by atoms with Crippen LogP contribution in [-0.4, -0.2) is 42.5 Å². The molecular weight excluding hydrogens is 313 g/mol. The maximum Gasteiger partial charge on any atom is 0.133 e. The van der Waals surface area contributed by atoms with Crippen LogP contribution in [0.2, 0.25) is 20.0 Å². The van der Waals surface area contributed by atoms with Gasteiger partial charge in [0.15, 0.2) is 0 Å². The summed E-state index contributed by atoms with van der Waals surface area (Å²) in [5, 5.41) is 10.4. The van der Waals surface area contributed by atoms with Crippen molar-refractivity contribution in [3.8, 4) is 11.5 Å². The van der Waals surface area contributed by atoms with Gasteiger partial charge in [-0.25, -0.2) is 0 Å². The Morgan fingerprint density at radius 1 is 1.36 bits per heavy atom. The molecule has 1 heterocycles. The predicted octanol–water partition coefficient (Wildman–Crippen LogP) is 2.38. The average Bonchev–Trinajstić information content (AvgIpc) is 2.54. The first-order chi connectivity index (χ1) is 11.9. The van der Waals surface area contributed by atoms with E-state index < -0.39 is 0 Å². The second-order valence-corrected chi connectivity index (χ2v) is 7.16. The fourth-order valence-corrected chi connectivity index (χ4v) is 2.96. The van der Waals surface area contributed by atoms with Gasteiger partial charge < -0.3 is 21.3 Å². The molecule has 136 valence electrons. The first kappa shape index (κ1) is 19.3. The molecule has 0 amide bonds. The molecule has 1 aliphatic heterocycles. The van der Waals surface area contributed by atoms with E-state index in [1.807, 2.05) is 25.1 Å². The Labute approximate surface area is 151 Å². The lowest BCUT2D eigenvalue weighted by Crippen LogP contribution is -2.54. The van der Waals surface area contributed by atoms with E-state index in [1.165, 1.54) is 6.20 Å². The van der Waals surface area contributed by atoms with Crippen LogP contribution < -0.4 is 16.2 Å². The minimum Gasteiger partial charge on any atom is -0.507 e. The van der Waals surface area contributed by atoms with E-state index in [0.29, 0.717) is 12.5 Å². The van der Waals surface area contributed by atoms with E-state index in [9.17, 15) is 5.11 Å². The summed E-state index contributed by atoms with van der Waals surface area (Å²) in [4.78, 5) is 2.25. The Bertz CT molecular complexity index is 638. The van der Waals surface area contributed by atoms with Gasteiger partial charge in [0.05, 0.1) is 0 Å². The second-order valence-electron chi connectivity index (χ2n) is 7.16. The molecule has 0 aromatic heterocycles. The van der Waals surface area contributed by atoms with Crippen molar-refractivity contribution >= 4 is 6.71 Å². The number of hydrogen-bond donors (Lipinski definition) is 3. The molecule has 25 heavy (non-hydrogen) atoms. The molecule has 1 aromatic carbocycles. The van der Waals surface area contributed by atoms with E-state index in [2.05, 4.69) is 18.5 Å². The number of benzene rings is 1. The molecule has 0 aliphatic carbocycles. The van der Waals surface area contributed by atoms with Gasteiger partial charge in [0.2, 0.25) is 0 Å². The zero-order valence-electron chi connectivity index (χ0n) is 15.5. The SMILES string of the molecule is CB(C)CCc1ccc(OC2CN(CC(/C=C\N)=C/N)C2)c(C)c1O. The molecule has 6 heteroatoms.